The van der Waals surface area contributed by atoms with E-state index in [9.17, 15) is 14.4 Å². The van der Waals surface area contributed by atoms with Crippen molar-refractivity contribution in [2.75, 3.05) is 19.0 Å². The molecule has 36 heavy (non-hydrogen) atoms. The van der Waals surface area contributed by atoms with Gasteiger partial charge in [0.25, 0.3) is 11.5 Å². The fourth-order valence-electron chi connectivity index (χ4n) is 4.00. The standard InChI is InChI=1S/C25H30ClN3O6S/c1-25(2,3)34-24(32)27-19-14-36-21-18(22(30)28-35-17-8-10-33-11-9-17)13-29(23(31)20(19)21)12-15-4-6-16(26)7-5-15/h4-7,13,17,19H,8-12,14H2,1-3H3,(H,27,32)(H,28,30)/t19-/m0/s1. The lowest BCUT2D eigenvalue weighted by molar-refractivity contribution is -0.0674. The summed E-state index contributed by atoms with van der Waals surface area (Å²) in [4.78, 5) is 45.4. The number of thioether (sulfide) groups is 1. The minimum Gasteiger partial charge on any atom is -0.444 e. The molecule has 0 spiro atoms. The number of pyridine rings is 1. The first-order valence-electron chi connectivity index (χ1n) is 11.8. The van der Waals surface area contributed by atoms with E-state index in [0.717, 1.165) is 5.56 Å². The van der Waals surface area contributed by atoms with Crippen LogP contribution in [-0.4, -0.2) is 47.2 Å². The number of carbonyl (C=O) groups is 2. The van der Waals surface area contributed by atoms with Crippen molar-refractivity contribution in [1.29, 1.82) is 0 Å². The third-order valence-corrected chi connectivity index (χ3v) is 7.18. The van der Waals surface area contributed by atoms with Gasteiger partial charge in [0.2, 0.25) is 0 Å². The van der Waals surface area contributed by atoms with Gasteiger partial charge in [0.1, 0.15) is 5.60 Å². The molecule has 0 bridgehead atoms. The predicted octanol–water partition coefficient (Wildman–Crippen LogP) is 4.06. The van der Waals surface area contributed by atoms with Gasteiger partial charge < -0.3 is 19.4 Å². The lowest BCUT2D eigenvalue weighted by Crippen LogP contribution is -2.38. The van der Waals surface area contributed by atoms with Crippen LogP contribution in [0.3, 0.4) is 0 Å². The van der Waals surface area contributed by atoms with E-state index in [1.54, 1.807) is 39.1 Å². The van der Waals surface area contributed by atoms with Crippen molar-refractivity contribution >= 4 is 35.4 Å². The molecule has 1 fully saturated rings. The minimum atomic E-state index is -0.684. The van der Waals surface area contributed by atoms with E-state index in [1.807, 2.05) is 12.1 Å². The van der Waals surface area contributed by atoms with Crippen LogP contribution in [0.4, 0.5) is 4.79 Å². The number of amides is 2. The molecule has 194 valence electrons. The molecule has 0 radical (unpaired) electrons. The molecular formula is C25H30ClN3O6S. The van der Waals surface area contributed by atoms with E-state index in [2.05, 4.69) is 10.8 Å². The maximum absolute atomic E-state index is 13.5. The van der Waals surface area contributed by atoms with E-state index in [4.69, 9.17) is 25.9 Å². The van der Waals surface area contributed by atoms with E-state index >= 15 is 0 Å². The van der Waals surface area contributed by atoms with Gasteiger partial charge in [-0.05, 0) is 51.3 Å². The molecule has 2 aromatic rings. The second kappa shape index (κ2) is 11.2. The van der Waals surface area contributed by atoms with E-state index in [1.165, 1.54) is 16.3 Å². The number of benzene rings is 1. The van der Waals surface area contributed by atoms with Crippen molar-refractivity contribution in [1.82, 2.24) is 15.4 Å². The summed E-state index contributed by atoms with van der Waals surface area (Å²) in [6.07, 6.45) is 2.16. The molecule has 2 aliphatic rings. The van der Waals surface area contributed by atoms with Crippen LogP contribution in [0.25, 0.3) is 0 Å². The topological polar surface area (TPSA) is 108 Å². The average molecular weight is 536 g/mol. The maximum Gasteiger partial charge on any atom is 0.408 e. The number of rotatable bonds is 6. The van der Waals surface area contributed by atoms with Crippen LogP contribution in [0.5, 0.6) is 0 Å². The van der Waals surface area contributed by atoms with Gasteiger partial charge in [-0.1, -0.05) is 23.7 Å². The average Bonchev–Trinajstić information content (AvgIpc) is 3.24. The van der Waals surface area contributed by atoms with Crippen molar-refractivity contribution in [3.8, 4) is 0 Å². The first-order chi connectivity index (χ1) is 17.1. The van der Waals surface area contributed by atoms with E-state index < -0.39 is 23.6 Å². The highest BCUT2D eigenvalue weighted by atomic mass is 35.5. The number of ether oxygens (including phenoxy) is 2. The van der Waals surface area contributed by atoms with Crippen molar-refractivity contribution in [3.63, 3.8) is 0 Å². The molecule has 1 aromatic carbocycles. The number of nitrogens with zero attached hydrogens (tertiary/aromatic N) is 1. The van der Waals surface area contributed by atoms with Crippen LogP contribution in [0.1, 0.15) is 61.1 Å². The minimum absolute atomic E-state index is 0.134. The van der Waals surface area contributed by atoms with Crippen molar-refractivity contribution in [2.45, 2.75) is 62.8 Å². The fourth-order valence-corrected chi connectivity index (χ4v) is 5.39. The zero-order valence-electron chi connectivity index (χ0n) is 20.5. The second-order valence-electron chi connectivity index (χ2n) is 9.72. The van der Waals surface area contributed by atoms with Crippen LogP contribution < -0.4 is 16.4 Å². The lowest BCUT2D eigenvalue weighted by Gasteiger charge is -2.23. The zero-order chi connectivity index (χ0) is 25.9. The molecular weight excluding hydrogens is 506 g/mol. The summed E-state index contributed by atoms with van der Waals surface area (Å²) in [6.45, 7) is 6.69. The highest BCUT2D eigenvalue weighted by Crippen LogP contribution is 2.38. The number of carbonyl (C=O) groups excluding carboxylic acids is 2. The molecule has 0 aliphatic carbocycles. The molecule has 3 heterocycles. The molecule has 0 saturated carbocycles. The van der Waals surface area contributed by atoms with Crippen LogP contribution >= 0.6 is 23.4 Å². The first-order valence-corrected chi connectivity index (χ1v) is 13.1. The number of hydrogen-bond donors (Lipinski definition) is 2. The highest BCUT2D eigenvalue weighted by molar-refractivity contribution is 7.99. The molecule has 2 N–H and O–H groups in total. The Bertz CT molecular complexity index is 1170. The lowest BCUT2D eigenvalue weighted by atomic mass is 10.1. The SMILES string of the molecule is CC(C)(C)OC(=O)N[C@H]1CSc2c(C(=O)NOC3CCOCC3)cn(Cc3ccc(Cl)cc3)c(=O)c21. The summed E-state index contributed by atoms with van der Waals surface area (Å²) in [7, 11) is 0. The van der Waals surface area contributed by atoms with Crippen molar-refractivity contribution in [3.05, 3.63) is 62.5 Å². The number of nitrogens with one attached hydrogen (secondary N) is 2. The Morgan fingerprint density at radius 2 is 1.89 bits per heavy atom. The van der Waals surface area contributed by atoms with Gasteiger partial charge in [-0.25, -0.2) is 10.3 Å². The third-order valence-electron chi connectivity index (χ3n) is 5.70. The van der Waals surface area contributed by atoms with Crippen LogP contribution in [0.15, 0.2) is 40.2 Å². The van der Waals surface area contributed by atoms with Gasteiger partial charge >= 0.3 is 6.09 Å². The Morgan fingerprint density at radius 3 is 2.56 bits per heavy atom. The maximum atomic E-state index is 13.5. The van der Waals surface area contributed by atoms with Gasteiger partial charge in [-0.2, -0.15) is 0 Å². The summed E-state index contributed by atoms with van der Waals surface area (Å²) in [5.74, 6) is -0.0522. The Morgan fingerprint density at radius 1 is 1.19 bits per heavy atom. The zero-order valence-corrected chi connectivity index (χ0v) is 22.0. The number of fused-ring (bicyclic) bond motifs is 1. The molecule has 9 nitrogen and oxygen atoms in total. The normalized spacial score (nSPS) is 17.9. The van der Waals surface area contributed by atoms with Crippen LogP contribution in [0, 0.1) is 0 Å². The van der Waals surface area contributed by atoms with Crippen LogP contribution in [0.2, 0.25) is 5.02 Å². The molecule has 4 rings (SSSR count). The molecule has 1 atom stereocenters. The smallest absolute Gasteiger partial charge is 0.408 e. The largest absolute Gasteiger partial charge is 0.444 e. The Kier molecular flexibility index (Phi) is 8.29. The van der Waals surface area contributed by atoms with Gasteiger partial charge in [-0.3, -0.25) is 14.4 Å². The van der Waals surface area contributed by atoms with Gasteiger partial charge in [-0.15, -0.1) is 11.8 Å². The van der Waals surface area contributed by atoms with E-state index in [-0.39, 0.29) is 18.2 Å². The van der Waals surface area contributed by atoms with E-state index in [0.29, 0.717) is 52.9 Å². The molecule has 2 aliphatic heterocycles. The fraction of sp³-hybridized carbons (Fsp3) is 0.480. The summed E-state index contributed by atoms with van der Waals surface area (Å²) >= 11 is 7.35. The summed E-state index contributed by atoms with van der Waals surface area (Å²) in [5, 5.41) is 3.38. The summed E-state index contributed by atoms with van der Waals surface area (Å²) < 4.78 is 12.2. The number of alkyl carbamates (subject to hydrolysis) is 1. The third kappa shape index (κ3) is 6.61. The Hall–Kier alpha value is -2.53. The molecule has 1 saturated heterocycles. The Balaban J connectivity index is 1.64. The van der Waals surface area contributed by atoms with Gasteiger partial charge in [0, 0.05) is 35.1 Å². The van der Waals surface area contributed by atoms with Crippen LogP contribution in [-0.2, 0) is 20.9 Å². The number of hydroxylamine groups is 1. The first kappa shape index (κ1) is 26.5. The quantitative estimate of drug-likeness (QED) is 0.537. The van der Waals surface area contributed by atoms with Crippen molar-refractivity contribution in [2.24, 2.45) is 0 Å². The Labute approximate surface area is 218 Å². The molecule has 2 amide bonds. The van der Waals surface area contributed by atoms with Gasteiger partial charge in [0.05, 0.1) is 29.8 Å². The number of hydrogen-bond acceptors (Lipinski definition) is 7. The molecule has 11 heteroatoms. The van der Waals surface area contributed by atoms with Gasteiger partial charge in [0.15, 0.2) is 0 Å². The summed E-state index contributed by atoms with van der Waals surface area (Å²) in [6, 6.07) is 6.52. The molecule has 1 aromatic heterocycles. The van der Waals surface area contributed by atoms with Crippen molar-refractivity contribution < 1.29 is 23.9 Å². The number of halogens is 1. The molecule has 0 unspecified atom stereocenters. The predicted molar refractivity (Wildman–Crippen MR) is 136 cm³/mol. The highest BCUT2D eigenvalue weighted by Gasteiger charge is 2.34. The monoisotopic (exact) mass is 535 g/mol. The second-order valence-corrected chi connectivity index (χ2v) is 11.2. The summed E-state index contributed by atoms with van der Waals surface area (Å²) in [5.41, 5.74) is 3.09. The number of aromatic nitrogens is 1.